The summed E-state index contributed by atoms with van der Waals surface area (Å²) in [7, 11) is 4.37. The minimum atomic E-state index is -4.48. The van der Waals surface area contributed by atoms with E-state index in [9.17, 15) is 27.6 Å². The first-order valence-corrected chi connectivity index (χ1v) is 10.4. The van der Waals surface area contributed by atoms with Gasteiger partial charge < -0.3 is 5.32 Å². The molecule has 3 heterocycles. The van der Waals surface area contributed by atoms with Crippen molar-refractivity contribution in [3.8, 4) is 11.3 Å². The Morgan fingerprint density at radius 1 is 1.15 bits per heavy atom. The van der Waals surface area contributed by atoms with Gasteiger partial charge in [-0.25, -0.2) is 9.78 Å². The van der Waals surface area contributed by atoms with Gasteiger partial charge in [-0.3, -0.25) is 23.4 Å². The number of benzene rings is 1. The van der Waals surface area contributed by atoms with E-state index in [0.717, 1.165) is 28.0 Å². The van der Waals surface area contributed by atoms with E-state index in [4.69, 9.17) is 0 Å². The predicted octanol–water partition coefficient (Wildman–Crippen LogP) is 2.29. The summed E-state index contributed by atoms with van der Waals surface area (Å²) in [6.45, 7) is 0. The van der Waals surface area contributed by atoms with E-state index in [1.165, 1.54) is 40.9 Å². The predicted molar refractivity (Wildman–Crippen MR) is 116 cm³/mol. The number of alkyl halides is 3. The van der Waals surface area contributed by atoms with Crippen molar-refractivity contribution in [1.82, 2.24) is 23.9 Å². The zero-order chi connectivity index (χ0) is 24.1. The van der Waals surface area contributed by atoms with Crippen molar-refractivity contribution in [2.24, 2.45) is 21.1 Å². The van der Waals surface area contributed by atoms with Crippen LogP contribution in [0.4, 0.5) is 18.3 Å². The van der Waals surface area contributed by atoms with Crippen LogP contribution < -0.4 is 16.6 Å². The second-order valence-corrected chi connectivity index (χ2v) is 8.17. The normalized spacial score (nSPS) is 11.8. The maximum Gasteiger partial charge on any atom is 0.416 e. The average Bonchev–Trinajstić information content (AvgIpc) is 3.35. The van der Waals surface area contributed by atoms with Gasteiger partial charge in [0.15, 0.2) is 10.8 Å². The van der Waals surface area contributed by atoms with Gasteiger partial charge in [-0.15, -0.1) is 11.3 Å². The molecule has 0 aliphatic heterocycles. The lowest BCUT2D eigenvalue weighted by molar-refractivity contribution is -0.137. The molecule has 1 amide bonds. The Morgan fingerprint density at radius 2 is 1.88 bits per heavy atom. The number of fused-ring (bicyclic) bond motifs is 1. The number of aryl methyl sites for hydroxylation is 2. The largest absolute Gasteiger partial charge is 0.416 e. The highest BCUT2D eigenvalue weighted by Crippen LogP contribution is 2.33. The van der Waals surface area contributed by atoms with E-state index in [1.54, 1.807) is 7.05 Å². The summed E-state index contributed by atoms with van der Waals surface area (Å²) >= 11 is 1.06. The van der Waals surface area contributed by atoms with E-state index in [-0.39, 0.29) is 33.8 Å². The minimum absolute atomic E-state index is 0.154. The summed E-state index contributed by atoms with van der Waals surface area (Å²) in [5.74, 6) is -0.499. The number of carbonyl (C=O) groups is 1. The van der Waals surface area contributed by atoms with Gasteiger partial charge in [-0.1, -0.05) is 12.1 Å². The number of hydrogen-bond acceptors (Lipinski definition) is 6. The summed E-state index contributed by atoms with van der Waals surface area (Å²) < 4.78 is 42.4. The number of nitrogens with zero attached hydrogens (tertiary/aromatic N) is 5. The van der Waals surface area contributed by atoms with Gasteiger partial charge in [0.1, 0.15) is 5.39 Å². The summed E-state index contributed by atoms with van der Waals surface area (Å²) in [6, 6.07) is 4.74. The first-order chi connectivity index (χ1) is 15.5. The molecule has 4 aromatic rings. The van der Waals surface area contributed by atoms with Crippen molar-refractivity contribution < 1.29 is 18.0 Å². The number of hydrogen-bond donors (Lipinski definition) is 1. The van der Waals surface area contributed by atoms with Crippen LogP contribution in [-0.4, -0.2) is 29.8 Å². The lowest BCUT2D eigenvalue weighted by Crippen LogP contribution is -2.37. The summed E-state index contributed by atoms with van der Waals surface area (Å²) in [4.78, 5) is 41.6. The number of rotatable bonds is 4. The van der Waals surface area contributed by atoms with Gasteiger partial charge in [0, 0.05) is 32.1 Å². The number of aromatic nitrogens is 5. The fraction of sp³-hybridized carbons (Fsp3) is 0.250. The lowest BCUT2D eigenvalue weighted by atomic mass is 10.1. The standard InChI is InChI=1S/C20H17F3N6O3S/c1-27-16-15(17(31)28(2)19(27)32)13(29(3)26-16)8-14(30)25-18-24-12(9-33-18)10-5-4-6-11(7-10)20(21,22)23/h4-7,9H,8H2,1-3H3,(H,24,25,30). The van der Waals surface area contributed by atoms with Crippen molar-refractivity contribution in [2.45, 2.75) is 12.6 Å². The Hall–Kier alpha value is -3.74. The van der Waals surface area contributed by atoms with Crippen molar-refractivity contribution >= 4 is 33.4 Å². The molecule has 0 radical (unpaired) electrons. The zero-order valence-corrected chi connectivity index (χ0v) is 18.4. The first kappa shape index (κ1) is 22.5. The number of thiazole rings is 1. The molecule has 0 spiro atoms. The Kier molecular flexibility index (Phi) is 5.44. The molecule has 0 atom stereocenters. The first-order valence-electron chi connectivity index (χ1n) is 9.52. The molecule has 0 aliphatic carbocycles. The van der Waals surface area contributed by atoms with Crippen LogP contribution in [0.2, 0.25) is 0 Å². The van der Waals surface area contributed by atoms with Crippen molar-refractivity contribution in [3.05, 3.63) is 61.7 Å². The highest BCUT2D eigenvalue weighted by atomic mass is 32.1. The van der Waals surface area contributed by atoms with Gasteiger partial charge in [-0.05, 0) is 12.1 Å². The summed E-state index contributed by atoms with van der Waals surface area (Å²) in [5.41, 5.74) is -0.864. The third-order valence-corrected chi connectivity index (χ3v) is 5.88. The van der Waals surface area contributed by atoms with E-state index in [1.807, 2.05) is 0 Å². The number of halogens is 3. The van der Waals surface area contributed by atoms with E-state index < -0.39 is 28.9 Å². The molecular formula is C20H17F3N6O3S. The number of amides is 1. The average molecular weight is 478 g/mol. The van der Waals surface area contributed by atoms with E-state index in [2.05, 4.69) is 15.4 Å². The van der Waals surface area contributed by atoms with Crippen molar-refractivity contribution in [3.63, 3.8) is 0 Å². The number of carbonyl (C=O) groups excluding carboxylic acids is 1. The molecular weight excluding hydrogens is 461 g/mol. The van der Waals surface area contributed by atoms with E-state index >= 15 is 0 Å². The van der Waals surface area contributed by atoms with Crippen LogP contribution >= 0.6 is 11.3 Å². The van der Waals surface area contributed by atoms with Gasteiger partial charge in [0.2, 0.25) is 5.91 Å². The highest BCUT2D eigenvalue weighted by molar-refractivity contribution is 7.14. The van der Waals surface area contributed by atoms with Crippen LogP contribution in [0.15, 0.2) is 39.2 Å². The molecule has 9 nitrogen and oxygen atoms in total. The molecule has 0 saturated heterocycles. The fourth-order valence-corrected chi connectivity index (χ4v) is 4.14. The minimum Gasteiger partial charge on any atom is -0.302 e. The second kappa shape index (κ2) is 7.99. The maximum atomic E-state index is 13.0. The Morgan fingerprint density at radius 3 is 2.58 bits per heavy atom. The quantitative estimate of drug-likeness (QED) is 0.485. The number of nitrogens with one attached hydrogen (secondary N) is 1. The number of anilines is 1. The highest BCUT2D eigenvalue weighted by Gasteiger charge is 2.30. The van der Waals surface area contributed by atoms with Crippen molar-refractivity contribution in [1.29, 1.82) is 0 Å². The smallest absolute Gasteiger partial charge is 0.302 e. The Labute approximate surface area is 187 Å². The van der Waals surface area contributed by atoms with Gasteiger partial charge >= 0.3 is 11.9 Å². The molecule has 172 valence electrons. The van der Waals surface area contributed by atoms with Gasteiger partial charge in [0.25, 0.3) is 5.56 Å². The van der Waals surface area contributed by atoms with Crippen LogP contribution in [0.3, 0.4) is 0 Å². The van der Waals surface area contributed by atoms with Gasteiger partial charge in [0.05, 0.1) is 23.4 Å². The molecule has 3 aromatic heterocycles. The third-order valence-electron chi connectivity index (χ3n) is 5.12. The molecule has 0 fully saturated rings. The molecule has 1 N–H and O–H groups in total. The maximum absolute atomic E-state index is 13.0. The Balaban J connectivity index is 1.59. The fourth-order valence-electron chi connectivity index (χ4n) is 3.40. The molecule has 4 rings (SSSR count). The molecule has 0 aliphatic rings. The lowest BCUT2D eigenvalue weighted by Gasteiger charge is -2.07. The SMILES string of the molecule is Cn1nc2c(c1CC(=O)Nc1nc(-c3cccc(C(F)(F)F)c3)cs1)c(=O)n(C)c(=O)n2C. The monoisotopic (exact) mass is 478 g/mol. The second-order valence-electron chi connectivity index (χ2n) is 7.32. The van der Waals surface area contributed by atoms with Crippen molar-refractivity contribution in [2.75, 3.05) is 5.32 Å². The van der Waals surface area contributed by atoms with E-state index in [0.29, 0.717) is 5.69 Å². The molecule has 33 heavy (non-hydrogen) atoms. The molecule has 0 saturated carbocycles. The summed E-state index contributed by atoms with van der Waals surface area (Å²) in [6.07, 6.45) is -4.70. The summed E-state index contributed by atoms with van der Waals surface area (Å²) in [5, 5.41) is 8.67. The van der Waals surface area contributed by atoms with Crippen LogP contribution in [0.5, 0.6) is 0 Å². The van der Waals surface area contributed by atoms with Crippen LogP contribution in [-0.2, 0) is 38.5 Å². The zero-order valence-electron chi connectivity index (χ0n) is 17.6. The van der Waals surface area contributed by atoms with Crippen LogP contribution in [0.1, 0.15) is 11.3 Å². The molecule has 0 bridgehead atoms. The molecule has 1 aromatic carbocycles. The Bertz CT molecular complexity index is 1510. The third kappa shape index (κ3) is 4.06. The van der Waals surface area contributed by atoms with Crippen LogP contribution in [0.25, 0.3) is 22.3 Å². The molecule has 0 unspecified atom stereocenters. The molecule has 13 heteroatoms. The van der Waals surface area contributed by atoms with Gasteiger partial charge in [-0.2, -0.15) is 18.3 Å². The topological polar surface area (TPSA) is 104 Å². The van der Waals surface area contributed by atoms with Crippen LogP contribution in [0, 0.1) is 0 Å².